The summed E-state index contributed by atoms with van der Waals surface area (Å²) in [5, 5.41) is 13.9. The van der Waals surface area contributed by atoms with Crippen LogP contribution >= 0.6 is 0 Å². The Kier molecular flexibility index (Phi) is 8.69. The minimum Gasteiger partial charge on any atom is -0.361 e. The summed E-state index contributed by atoms with van der Waals surface area (Å²) in [7, 11) is 0. The molecule has 6 aromatic rings. The van der Waals surface area contributed by atoms with Crippen LogP contribution in [0.15, 0.2) is 109 Å². The summed E-state index contributed by atoms with van der Waals surface area (Å²) in [6, 6.07) is 32.7. The van der Waals surface area contributed by atoms with Gasteiger partial charge in [0.05, 0.1) is 19.0 Å². The van der Waals surface area contributed by atoms with Gasteiger partial charge in [-0.1, -0.05) is 85.8 Å². The van der Waals surface area contributed by atoms with Gasteiger partial charge in [-0.15, -0.1) is 10.2 Å². The number of nitrogens with one attached hydrogen (secondary N) is 2. The van der Waals surface area contributed by atoms with Crippen LogP contribution in [-0.2, 0) is 43.4 Å². The predicted octanol–water partition coefficient (Wildman–Crippen LogP) is 6.19. The van der Waals surface area contributed by atoms with Crippen molar-refractivity contribution in [2.75, 3.05) is 0 Å². The molecule has 0 bridgehead atoms. The molecule has 0 radical (unpaired) electrons. The fourth-order valence-electron chi connectivity index (χ4n) is 5.57. The minimum atomic E-state index is -0.386. The van der Waals surface area contributed by atoms with E-state index in [-0.39, 0.29) is 18.4 Å². The molecule has 0 unspecified atom stereocenters. The molecule has 0 aliphatic carbocycles. The summed E-state index contributed by atoms with van der Waals surface area (Å²) in [6.45, 7) is 2.79. The molecule has 0 saturated heterocycles. The topological polar surface area (TPSA) is 88.5 Å². The second-order valence-corrected chi connectivity index (χ2v) is 10.9. The number of fused-ring (bicyclic) bond motifs is 1. The Balaban J connectivity index is 1.36. The maximum absolute atomic E-state index is 13.4. The van der Waals surface area contributed by atoms with Crippen molar-refractivity contribution in [3.05, 3.63) is 149 Å². The Labute approximate surface area is 252 Å². The number of hydrogen-bond acceptors (Lipinski definition) is 4. The maximum Gasteiger partial charge on any atom is 0.226 e. The van der Waals surface area contributed by atoms with Crippen LogP contribution in [0.1, 0.15) is 52.6 Å². The number of nitrogens with zero attached hydrogens (tertiary/aromatic N) is 4. The van der Waals surface area contributed by atoms with Crippen LogP contribution in [0.3, 0.4) is 0 Å². The highest BCUT2D eigenvalue weighted by Crippen LogP contribution is 2.26. The highest BCUT2D eigenvalue weighted by molar-refractivity contribution is 5.83. The van der Waals surface area contributed by atoms with Crippen LogP contribution < -0.4 is 5.32 Å². The molecular weight excluding hydrogens is 532 g/mol. The fourth-order valence-corrected chi connectivity index (χ4v) is 5.57. The number of para-hydroxylation sites is 1. The van der Waals surface area contributed by atoms with Gasteiger partial charge in [0.1, 0.15) is 5.82 Å². The number of aromatic amines is 1. The molecule has 0 fully saturated rings. The van der Waals surface area contributed by atoms with Crippen LogP contribution in [0.5, 0.6) is 0 Å². The lowest BCUT2D eigenvalue weighted by molar-refractivity contribution is -0.121. The molecular formula is C36H36N6O. The number of aryl methyl sites for hydroxylation is 3. The van der Waals surface area contributed by atoms with E-state index in [4.69, 9.17) is 10.2 Å². The number of pyridine rings is 1. The summed E-state index contributed by atoms with van der Waals surface area (Å²) < 4.78 is 2.20. The largest absolute Gasteiger partial charge is 0.361 e. The third-order valence-electron chi connectivity index (χ3n) is 7.92. The van der Waals surface area contributed by atoms with E-state index in [2.05, 4.69) is 87.4 Å². The average Bonchev–Trinajstić information content (AvgIpc) is 3.64. The van der Waals surface area contributed by atoms with E-state index in [1.54, 1.807) is 6.20 Å². The summed E-state index contributed by atoms with van der Waals surface area (Å²) in [4.78, 5) is 21.2. The number of amides is 1. The average molecular weight is 569 g/mol. The Bertz CT molecular complexity index is 1770. The van der Waals surface area contributed by atoms with Crippen molar-refractivity contribution in [1.29, 1.82) is 0 Å². The van der Waals surface area contributed by atoms with Gasteiger partial charge in [0, 0.05) is 41.8 Å². The maximum atomic E-state index is 13.4. The molecule has 43 heavy (non-hydrogen) atoms. The van der Waals surface area contributed by atoms with E-state index in [9.17, 15) is 4.79 Å². The summed E-state index contributed by atoms with van der Waals surface area (Å²) in [6.07, 6.45) is 7.10. The predicted molar refractivity (Wildman–Crippen MR) is 170 cm³/mol. The molecule has 0 spiro atoms. The summed E-state index contributed by atoms with van der Waals surface area (Å²) >= 11 is 0. The molecule has 7 heteroatoms. The van der Waals surface area contributed by atoms with Crippen LogP contribution in [0, 0.1) is 0 Å². The molecule has 3 aromatic carbocycles. The first-order valence-electron chi connectivity index (χ1n) is 14.9. The van der Waals surface area contributed by atoms with E-state index in [0.29, 0.717) is 13.0 Å². The molecule has 0 aliphatic rings. The molecule has 0 saturated carbocycles. The van der Waals surface area contributed by atoms with Gasteiger partial charge >= 0.3 is 0 Å². The Hall–Kier alpha value is -5.04. The molecule has 1 amide bonds. The van der Waals surface area contributed by atoms with Gasteiger partial charge in [-0.05, 0) is 53.3 Å². The molecule has 1 atom stereocenters. The Morgan fingerprint density at radius 2 is 1.60 bits per heavy atom. The van der Waals surface area contributed by atoms with E-state index in [1.807, 2.05) is 42.6 Å². The highest BCUT2D eigenvalue weighted by atomic mass is 16.1. The van der Waals surface area contributed by atoms with E-state index in [0.717, 1.165) is 53.1 Å². The van der Waals surface area contributed by atoms with Crippen molar-refractivity contribution in [3.8, 4) is 0 Å². The first-order valence-corrected chi connectivity index (χ1v) is 14.9. The van der Waals surface area contributed by atoms with Crippen molar-refractivity contribution < 1.29 is 4.79 Å². The number of hydrogen-bond donors (Lipinski definition) is 2. The molecule has 0 aliphatic heterocycles. The monoisotopic (exact) mass is 568 g/mol. The fraction of sp³-hybridized carbons (Fsp3) is 0.222. The normalized spacial score (nSPS) is 11.9. The zero-order chi connectivity index (χ0) is 29.4. The molecule has 3 aromatic heterocycles. The number of benzene rings is 3. The lowest BCUT2D eigenvalue weighted by Crippen LogP contribution is -2.33. The zero-order valence-corrected chi connectivity index (χ0v) is 24.4. The first-order chi connectivity index (χ1) is 21.2. The van der Waals surface area contributed by atoms with Gasteiger partial charge < -0.3 is 14.9 Å². The van der Waals surface area contributed by atoms with Gasteiger partial charge in [0.15, 0.2) is 5.82 Å². The van der Waals surface area contributed by atoms with Crippen molar-refractivity contribution in [3.63, 3.8) is 0 Å². The van der Waals surface area contributed by atoms with Gasteiger partial charge in [-0.25, -0.2) is 0 Å². The first kappa shape index (κ1) is 28.1. The molecule has 2 N–H and O–H groups in total. The second-order valence-electron chi connectivity index (χ2n) is 10.9. The molecule has 3 heterocycles. The zero-order valence-electron chi connectivity index (χ0n) is 24.4. The SMILES string of the molecule is CCc1ccc(Cn2c(CCc3ccccc3)nnc2[C@@H](Cc2c[nH]c3ccccc23)NC(=O)Cc2ccccn2)cc1. The molecule has 6 rings (SSSR count). The van der Waals surface area contributed by atoms with Crippen molar-refractivity contribution in [1.82, 2.24) is 30.0 Å². The van der Waals surface area contributed by atoms with Crippen LogP contribution in [0.4, 0.5) is 0 Å². The number of aromatic nitrogens is 5. The standard InChI is InChI=1S/C36H36N6O/c1-2-26-15-17-28(18-16-26)25-42-34(20-19-27-10-4-3-5-11-27)40-41-36(42)33(39-35(43)23-30-12-8-9-21-37-30)22-29-24-38-32-14-7-6-13-31(29)32/h3-18,21,24,33,38H,2,19-20,22-23,25H2,1H3,(H,39,43)/t33-/m1/s1. The summed E-state index contributed by atoms with van der Waals surface area (Å²) in [5.74, 6) is 1.56. The van der Waals surface area contributed by atoms with Crippen LogP contribution in [0.25, 0.3) is 10.9 Å². The van der Waals surface area contributed by atoms with Gasteiger partial charge in [0.25, 0.3) is 0 Å². The third-order valence-corrected chi connectivity index (χ3v) is 7.92. The Morgan fingerprint density at radius 3 is 2.40 bits per heavy atom. The van der Waals surface area contributed by atoms with E-state index < -0.39 is 0 Å². The number of rotatable bonds is 12. The lowest BCUT2D eigenvalue weighted by Gasteiger charge is -2.20. The van der Waals surface area contributed by atoms with Crippen LogP contribution in [0.2, 0.25) is 0 Å². The number of carbonyl (C=O) groups is 1. The molecule has 7 nitrogen and oxygen atoms in total. The van der Waals surface area contributed by atoms with Gasteiger partial charge in [-0.3, -0.25) is 9.78 Å². The van der Waals surface area contributed by atoms with Crippen molar-refractivity contribution in [2.24, 2.45) is 0 Å². The number of carbonyl (C=O) groups excluding carboxylic acids is 1. The summed E-state index contributed by atoms with van der Waals surface area (Å²) in [5.41, 5.74) is 6.64. The van der Waals surface area contributed by atoms with Crippen LogP contribution in [-0.4, -0.2) is 30.6 Å². The van der Waals surface area contributed by atoms with Crippen molar-refractivity contribution >= 4 is 16.8 Å². The van der Waals surface area contributed by atoms with E-state index >= 15 is 0 Å². The van der Waals surface area contributed by atoms with Gasteiger partial charge in [-0.2, -0.15) is 0 Å². The van der Waals surface area contributed by atoms with Crippen molar-refractivity contribution in [2.45, 2.75) is 51.6 Å². The quantitative estimate of drug-likeness (QED) is 0.184. The third kappa shape index (κ3) is 6.89. The lowest BCUT2D eigenvalue weighted by atomic mass is 10.0. The molecule has 216 valence electrons. The minimum absolute atomic E-state index is 0.101. The van der Waals surface area contributed by atoms with Gasteiger partial charge in [0.2, 0.25) is 5.91 Å². The van der Waals surface area contributed by atoms with E-state index in [1.165, 1.54) is 16.7 Å². The smallest absolute Gasteiger partial charge is 0.226 e. The highest BCUT2D eigenvalue weighted by Gasteiger charge is 2.25. The second kappa shape index (κ2) is 13.3. The Morgan fingerprint density at radius 1 is 0.837 bits per heavy atom. The number of H-pyrrole nitrogens is 1.